The number of hydrogen-bond acceptors (Lipinski definition) is 5. The molecule has 0 atom stereocenters. The van der Waals surface area contributed by atoms with Crippen LogP contribution < -0.4 is 10.9 Å². The SMILES string of the molecule is O=c1c([N+](=O)[O-])c(NC2CCCCCC2)nc2ccccn12. The maximum absolute atomic E-state index is 12.3. The predicted molar refractivity (Wildman–Crippen MR) is 83.2 cm³/mol. The fourth-order valence-electron chi connectivity index (χ4n) is 2.96. The van der Waals surface area contributed by atoms with Crippen LogP contribution >= 0.6 is 0 Å². The van der Waals surface area contributed by atoms with Gasteiger partial charge in [0, 0.05) is 12.2 Å². The Bertz CT molecular complexity index is 748. The Morgan fingerprint density at radius 2 is 1.95 bits per heavy atom. The van der Waals surface area contributed by atoms with E-state index in [0.29, 0.717) is 5.65 Å². The highest BCUT2D eigenvalue weighted by Crippen LogP contribution is 2.24. The molecule has 0 spiro atoms. The van der Waals surface area contributed by atoms with Gasteiger partial charge < -0.3 is 5.32 Å². The fourth-order valence-corrected chi connectivity index (χ4v) is 2.96. The van der Waals surface area contributed by atoms with Crippen LogP contribution in [0.15, 0.2) is 29.2 Å². The number of hydrogen-bond donors (Lipinski definition) is 1. The van der Waals surface area contributed by atoms with Crippen LogP contribution in [0.25, 0.3) is 5.65 Å². The molecule has 0 aromatic carbocycles. The number of pyridine rings is 1. The Balaban J connectivity index is 2.05. The first-order chi connectivity index (χ1) is 10.7. The number of aromatic nitrogens is 2. The van der Waals surface area contributed by atoms with Gasteiger partial charge in [0.2, 0.25) is 5.82 Å². The lowest BCUT2D eigenvalue weighted by atomic mass is 10.1. The molecule has 0 aliphatic heterocycles. The Morgan fingerprint density at radius 3 is 2.64 bits per heavy atom. The van der Waals surface area contributed by atoms with E-state index in [1.807, 2.05) is 0 Å². The Morgan fingerprint density at radius 1 is 1.23 bits per heavy atom. The third-order valence-electron chi connectivity index (χ3n) is 4.09. The third kappa shape index (κ3) is 2.79. The van der Waals surface area contributed by atoms with Crippen LogP contribution in [0.3, 0.4) is 0 Å². The molecule has 1 saturated carbocycles. The molecule has 0 amide bonds. The van der Waals surface area contributed by atoms with Gasteiger partial charge in [0.1, 0.15) is 5.65 Å². The average molecular weight is 302 g/mol. The largest absolute Gasteiger partial charge is 0.376 e. The summed E-state index contributed by atoms with van der Waals surface area (Å²) in [5, 5.41) is 14.4. The molecule has 1 aliphatic rings. The lowest BCUT2D eigenvalue weighted by Crippen LogP contribution is -2.25. The molecule has 0 radical (unpaired) electrons. The lowest BCUT2D eigenvalue weighted by Gasteiger charge is -2.16. The monoisotopic (exact) mass is 302 g/mol. The summed E-state index contributed by atoms with van der Waals surface area (Å²) in [6.45, 7) is 0. The minimum absolute atomic E-state index is 0.0908. The van der Waals surface area contributed by atoms with E-state index >= 15 is 0 Å². The van der Waals surface area contributed by atoms with Gasteiger partial charge in [-0.3, -0.25) is 19.3 Å². The van der Waals surface area contributed by atoms with Crippen molar-refractivity contribution in [2.75, 3.05) is 5.32 Å². The van der Waals surface area contributed by atoms with E-state index in [-0.39, 0.29) is 11.9 Å². The number of fused-ring (bicyclic) bond motifs is 1. The van der Waals surface area contributed by atoms with Gasteiger partial charge in [-0.2, -0.15) is 0 Å². The van der Waals surface area contributed by atoms with Crippen LogP contribution in [0, 0.1) is 10.1 Å². The second kappa shape index (κ2) is 6.13. The van der Waals surface area contributed by atoms with Crippen molar-refractivity contribution in [2.24, 2.45) is 0 Å². The molecule has 2 aromatic rings. The summed E-state index contributed by atoms with van der Waals surface area (Å²) in [6.07, 6.45) is 7.96. The molecule has 0 unspecified atom stereocenters. The summed E-state index contributed by atoms with van der Waals surface area (Å²) in [7, 11) is 0. The summed E-state index contributed by atoms with van der Waals surface area (Å²) in [6, 6.07) is 5.21. The van der Waals surface area contributed by atoms with E-state index < -0.39 is 16.2 Å². The summed E-state index contributed by atoms with van der Waals surface area (Å²) >= 11 is 0. The molecule has 2 heterocycles. The maximum atomic E-state index is 12.3. The van der Waals surface area contributed by atoms with Crippen LogP contribution in [-0.2, 0) is 0 Å². The second-order valence-corrected chi connectivity index (χ2v) is 5.63. The molecule has 1 aliphatic carbocycles. The van der Waals surface area contributed by atoms with Crippen molar-refractivity contribution in [1.82, 2.24) is 9.38 Å². The topological polar surface area (TPSA) is 89.5 Å². The van der Waals surface area contributed by atoms with Gasteiger partial charge in [0.05, 0.1) is 4.92 Å². The molecule has 1 fully saturated rings. The molecule has 1 N–H and O–H groups in total. The number of rotatable bonds is 3. The van der Waals surface area contributed by atoms with E-state index in [1.165, 1.54) is 23.4 Å². The molecule has 0 saturated heterocycles. The molecular formula is C15H18N4O3. The molecule has 0 bridgehead atoms. The highest BCUT2D eigenvalue weighted by atomic mass is 16.6. The van der Waals surface area contributed by atoms with Crippen molar-refractivity contribution < 1.29 is 4.92 Å². The second-order valence-electron chi connectivity index (χ2n) is 5.63. The molecule has 7 nitrogen and oxygen atoms in total. The summed E-state index contributed by atoms with van der Waals surface area (Å²) < 4.78 is 1.20. The van der Waals surface area contributed by atoms with Crippen LogP contribution in [0.4, 0.5) is 11.5 Å². The normalized spacial score (nSPS) is 16.4. The van der Waals surface area contributed by atoms with Crippen molar-refractivity contribution in [2.45, 2.75) is 44.6 Å². The minimum atomic E-state index is -0.647. The van der Waals surface area contributed by atoms with Gasteiger partial charge in [-0.1, -0.05) is 31.7 Å². The van der Waals surface area contributed by atoms with Crippen LogP contribution in [0.2, 0.25) is 0 Å². The Kier molecular flexibility index (Phi) is 4.04. The molecule has 7 heteroatoms. The first kappa shape index (κ1) is 14.5. The first-order valence-corrected chi connectivity index (χ1v) is 7.59. The Labute approximate surface area is 127 Å². The van der Waals surface area contributed by atoms with Gasteiger partial charge >= 0.3 is 11.2 Å². The number of anilines is 1. The average Bonchev–Trinajstić information content (AvgIpc) is 2.76. The standard InChI is InChI=1S/C15H18N4O3/c20-15-13(19(21)22)14(16-11-7-3-1-2-4-8-11)17-12-9-5-6-10-18(12)15/h5-6,9-11,16H,1-4,7-8H2. The zero-order valence-corrected chi connectivity index (χ0v) is 12.2. The molecule has 22 heavy (non-hydrogen) atoms. The minimum Gasteiger partial charge on any atom is -0.361 e. The van der Waals surface area contributed by atoms with Crippen LogP contribution in [0.1, 0.15) is 38.5 Å². The summed E-state index contributed by atoms with van der Waals surface area (Å²) in [5.74, 6) is 0.0908. The van der Waals surface area contributed by atoms with Gasteiger partial charge in [0.25, 0.3) is 0 Å². The van der Waals surface area contributed by atoms with E-state index in [1.54, 1.807) is 18.2 Å². The van der Waals surface area contributed by atoms with Crippen molar-refractivity contribution in [3.8, 4) is 0 Å². The predicted octanol–water partition coefficient (Wildman–Crippen LogP) is 2.74. The smallest absolute Gasteiger partial charge is 0.361 e. The molecule has 2 aromatic heterocycles. The highest BCUT2D eigenvalue weighted by molar-refractivity contribution is 5.60. The molecule has 3 rings (SSSR count). The van der Waals surface area contributed by atoms with E-state index in [9.17, 15) is 14.9 Å². The quantitative estimate of drug-likeness (QED) is 0.535. The van der Waals surface area contributed by atoms with E-state index in [4.69, 9.17) is 0 Å². The molecular weight excluding hydrogens is 284 g/mol. The van der Waals surface area contributed by atoms with Crippen molar-refractivity contribution in [3.05, 3.63) is 44.9 Å². The number of nitro groups is 1. The number of nitrogens with one attached hydrogen (secondary N) is 1. The Hall–Kier alpha value is -2.44. The van der Waals surface area contributed by atoms with Crippen molar-refractivity contribution >= 4 is 17.2 Å². The third-order valence-corrected chi connectivity index (χ3v) is 4.09. The van der Waals surface area contributed by atoms with E-state index in [2.05, 4.69) is 10.3 Å². The van der Waals surface area contributed by atoms with Gasteiger partial charge in [-0.25, -0.2) is 4.98 Å². The summed E-state index contributed by atoms with van der Waals surface area (Å²) in [5.41, 5.74) is -0.714. The van der Waals surface area contributed by atoms with Gasteiger partial charge in [0.15, 0.2) is 0 Å². The maximum Gasteiger partial charge on any atom is 0.376 e. The van der Waals surface area contributed by atoms with E-state index in [0.717, 1.165) is 25.7 Å². The first-order valence-electron chi connectivity index (χ1n) is 7.59. The van der Waals surface area contributed by atoms with Crippen molar-refractivity contribution in [3.63, 3.8) is 0 Å². The van der Waals surface area contributed by atoms with Gasteiger partial charge in [-0.15, -0.1) is 0 Å². The van der Waals surface area contributed by atoms with Crippen molar-refractivity contribution in [1.29, 1.82) is 0 Å². The summed E-state index contributed by atoms with van der Waals surface area (Å²) in [4.78, 5) is 27.3. The highest BCUT2D eigenvalue weighted by Gasteiger charge is 2.25. The number of nitrogens with zero attached hydrogens (tertiary/aromatic N) is 3. The van der Waals surface area contributed by atoms with Crippen LogP contribution in [0.5, 0.6) is 0 Å². The van der Waals surface area contributed by atoms with Crippen LogP contribution in [-0.4, -0.2) is 20.3 Å². The van der Waals surface area contributed by atoms with Gasteiger partial charge in [-0.05, 0) is 25.0 Å². The zero-order valence-electron chi connectivity index (χ0n) is 12.2. The zero-order chi connectivity index (χ0) is 15.5. The lowest BCUT2D eigenvalue weighted by molar-refractivity contribution is -0.385. The molecule has 116 valence electrons. The fraction of sp³-hybridized carbons (Fsp3) is 0.467.